The van der Waals surface area contributed by atoms with Gasteiger partial charge in [0, 0.05) is 47.0 Å². The number of hydrogen-bond donors (Lipinski definition) is 0. The number of rotatable bonds is 8. The smallest absolute Gasteiger partial charge is 0.148 e. The molecule has 0 saturated heterocycles. The lowest BCUT2D eigenvalue weighted by molar-refractivity contribution is 1.02. The molecule has 4 nitrogen and oxygen atoms in total. The lowest BCUT2D eigenvalue weighted by atomic mass is 10.2. The largest absolute Gasteiger partial charge is 0.342 e. The lowest BCUT2D eigenvalue weighted by Crippen LogP contribution is -2.15. The molecule has 0 aliphatic rings. The summed E-state index contributed by atoms with van der Waals surface area (Å²) in [5, 5.41) is 10.8. The molecule has 0 N–H and O–H groups in total. The van der Waals surface area contributed by atoms with E-state index in [4.69, 9.17) is 0 Å². The zero-order chi connectivity index (χ0) is 24.0. The van der Waals surface area contributed by atoms with E-state index in [2.05, 4.69) is 131 Å². The molecule has 0 saturated carbocycles. The van der Waals surface area contributed by atoms with Crippen LogP contribution in [0.2, 0.25) is 0 Å². The van der Waals surface area contributed by atoms with Gasteiger partial charge >= 0.3 is 0 Å². The van der Waals surface area contributed by atoms with Crippen LogP contribution >= 0.6 is 11.3 Å². The molecule has 0 amide bonds. The van der Waals surface area contributed by atoms with Gasteiger partial charge in [0.1, 0.15) is 10.0 Å². The highest BCUT2D eigenvalue weighted by atomic mass is 32.1. The Balaban J connectivity index is 1.34. The lowest BCUT2D eigenvalue weighted by Gasteiger charge is -2.23. The summed E-state index contributed by atoms with van der Waals surface area (Å²) in [7, 11) is 0. The van der Waals surface area contributed by atoms with Gasteiger partial charge in [0.2, 0.25) is 0 Å². The SMILES string of the molecule is CCN(c1ccccc1)c1ccc(-c2nnc(-c3ccc(N(CC)c4ccccc4)cc3)s2)cc1. The fourth-order valence-corrected chi connectivity index (χ4v) is 5.12. The summed E-state index contributed by atoms with van der Waals surface area (Å²) in [6.45, 7) is 6.15. The first-order valence-corrected chi connectivity index (χ1v) is 12.8. The molecular weight excluding hydrogens is 448 g/mol. The minimum absolute atomic E-state index is 0.905. The van der Waals surface area contributed by atoms with Gasteiger partial charge in [-0.15, -0.1) is 10.2 Å². The van der Waals surface area contributed by atoms with E-state index in [9.17, 15) is 0 Å². The normalized spacial score (nSPS) is 10.8. The summed E-state index contributed by atoms with van der Waals surface area (Å²) in [4.78, 5) is 4.60. The molecule has 5 aromatic rings. The minimum Gasteiger partial charge on any atom is -0.342 e. The predicted octanol–water partition coefficient (Wildman–Crippen LogP) is 8.19. The summed E-state index contributed by atoms with van der Waals surface area (Å²) in [6, 6.07) is 38.1. The van der Waals surface area contributed by atoms with Gasteiger partial charge in [0.15, 0.2) is 0 Å². The number of anilines is 4. The van der Waals surface area contributed by atoms with E-state index in [1.54, 1.807) is 11.3 Å². The van der Waals surface area contributed by atoms with Crippen LogP contribution in [0.3, 0.4) is 0 Å². The van der Waals surface area contributed by atoms with Crippen LogP contribution in [0.1, 0.15) is 13.8 Å². The Morgan fingerprint density at radius 3 is 1.17 bits per heavy atom. The maximum absolute atomic E-state index is 4.48. The highest BCUT2D eigenvalue weighted by Gasteiger charge is 2.12. The fourth-order valence-electron chi connectivity index (χ4n) is 4.27. The first kappa shape index (κ1) is 22.8. The van der Waals surface area contributed by atoms with Crippen LogP contribution in [0.5, 0.6) is 0 Å². The molecule has 5 heteroatoms. The maximum Gasteiger partial charge on any atom is 0.148 e. The molecule has 174 valence electrons. The van der Waals surface area contributed by atoms with Crippen molar-refractivity contribution in [2.45, 2.75) is 13.8 Å². The maximum atomic E-state index is 4.48. The average molecular weight is 477 g/mol. The summed E-state index contributed by atoms with van der Waals surface area (Å²) < 4.78 is 0. The Hall–Kier alpha value is -3.96. The van der Waals surface area contributed by atoms with Gasteiger partial charge in [-0.1, -0.05) is 47.7 Å². The van der Waals surface area contributed by atoms with Gasteiger partial charge in [-0.2, -0.15) is 0 Å². The number of nitrogens with zero attached hydrogens (tertiary/aromatic N) is 4. The van der Waals surface area contributed by atoms with Crippen molar-refractivity contribution < 1.29 is 0 Å². The van der Waals surface area contributed by atoms with Crippen molar-refractivity contribution in [3.63, 3.8) is 0 Å². The van der Waals surface area contributed by atoms with Crippen molar-refractivity contribution in [1.29, 1.82) is 0 Å². The van der Waals surface area contributed by atoms with E-state index in [1.807, 2.05) is 12.1 Å². The zero-order valence-corrected chi connectivity index (χ0v) is 20.8. The third-order valence-corrected chi connectivity index (χ3v) is 7.07. The molecule has 0 unspecified atom stereocenters. The van der Waals surface area contributed by atoms with E-state index in [0.29, 0.717) is 0 Å². The molecule has 0 atom stereocenters. The van der Waals surface area contributed by atoms with Gasteiger partial charge < -0.3 is 9.80 Å². The van der Waals surface area contributed by atoms with Crippen molar-refractivity contribution in [1.82, 2.24) is 10.2 Å². The van der Waals surface area contributed by atoms with E-state index in [0.717, 1.165) is 34.2 Å². The van der Waals surface area contributed by atoms with Crippen molar-refractivity contribution in [3.05, 3.63) is 109 Å². The second kappa shape index (κ2) is 10.5. The molecule has 0 radical (unpaired) electrons. The van der Waals surface area contributed by atoms with E-state index in [1.165, 1.54) is 22.7 Å². The van der Waals surface area contributed by atoms with Gasteiger partial charge in [-0.05, 0) is 86.6 Å². The number of para-hydroxylation sites is 2. The molecule has 1 heterocycles. The highest BCUT2D eigenvalue weighted by Crippen LogP contribution is 2.34. The molecular formula is C30H28N4S. The van der Waals surface area contributed by atoms with Crippen LogP contribution in [0.4, 0.5) is 22.7 Å². The highest BCUT2D eigenvalue weighted by molar-refractivity contribution is 7.17. The topological polar surface area (TPSA) is 32.3 Å². The van der Waals surface area contributed by atoms with Gasteiger partial charge in [0.05, 0.1) is 0 Å². The molecule has 1 aromatic heterocycles. The number of benzene rings is 4. The van der Waals surface area contributed by atoms with E-state index in [-0.39, 0.29) is 0 Å². The second-order valence-electron chi connectivity index (χ2n) is 8.17. The Morgan fingerprint density at radius 2 is 0.829 bits per heavy atom. The molecule has 0 aliphatic heterocycles. The third kappa shape index (κ3) is 4.96. The van der Waals surface area contributed by atoms with Crippen LogP contribution in [-0.2, 0) is 0 Å². The first-order valence-electron chi connectivity index (χ1n) is 12.0. The molecule has 0 bridgehead atoms. The van der Waals surface area contributed by atoms with Crippen molar-refractivity contribution >= 4 is 34.1 Å². The molecule has 35 heavy (non-hydrogen) atoms. The van der Waals surface area contributed by atoms with Gasteiger partial charge in [-0.25, -0.2) is 0 Å². The zero-order valence-electron chi connectivity index (χ0n) is 20.0. The molecule has 5 rings (SSSR count). The quantitative estimate of drug-likeness (QED) is 0.226. The predicted molar refractivity (Wildman–Crippen MR) is 149 cm³/mol. The van der Waals surface area contributed by atoms with Crippen LogP contribution in [0, 0.1) is 0 Å². The molecule has 0 aliphatic carbocycles. The van der Waals surface area contributed by atoms with Gasteiger partial charge in [-0.3, -0.25) is 0 Å². The van der Waals surface area contributed by atoms with E-state index < -0.39 is 0 Å². The molecule has 0 fully saturated rings. The standard InChI is InChI=1S/C30H28N4S/c1-3-33(25-11-7-5-8-12-25)27-19-15-23(16-20-27)29-31-32-30(35-29)24-17-21-28(22-18-24)34(4-2)26-13-9-6-10-14-26/h5-22H,3-4H2,1-2H3. The van der Waals surface area contributed by atoms with Crippen molar-refractivity contribution in [2.75, 3.05) is 22.9 Å². The molecule has 4 aromatic carbocycles. The van der Waals surface area contributed by atoms with Crippen LogP contribution in [-0.4, -0.2) is 23.3 Å². The van der Waals surface area contributed by atoms with Crippen LogP contribution in [0.15, 0.2) is 109 Å². The minimum atomic E-state index is 0.905. The number of hydrogen-bond acceptors (Lipinski definition) is 5. The first-order chi connectivity index (χ1) is 17.3. The Labute approximate surface area is 211 Å². The molecule has 0 spiro atoms. The monoisotopic (exact) mass is 476 g/mol. The summed E-state index contributed by atoms with van der Waals surface area (Å²) in [5.41, 5.74) is 6.89. The summed E-state index contributed by atoms with van der Waals surface area (Å²) in [5.74, 6) is 0. The Morgan fingerprint density at radius 1 is 0.486 bits per heavy atom. The van der Waals surface area contributed by atoms with Crippen LogP contribution in [0.25, 0.3) is 21.1 Å². The fraction of sp³-hybridized carbons (Fsp3) is 0.133. The number of aromatic nitrogens is 2. The average Bonchev–Trinajstić information content (AvgIpc) is 3.42. The Bertz CT molecular complexity index is 1240. The third-order valence-electron chi connectivity index (χ3n) is 6.05. The Kier molecular flexibility index (Phi) is 6.87. The van der Waals surface area contributed by atoms with Crippen molar-refractivity contribution in [3.8, 4) is 21.1 Å². The van der Waals surface area contributed by atoms with Gasteiger partial charge in [0.25, 0.3) is 0 Å². The summed E-state index contributed by atoms with van der Waals surface area (Å²) in [6.07, 6.45) is 0. The van der Waals surface area contributed by atoms with Crippen molar-refractivity contribution in [2.24, 2.45) is 0 Å². The second-order valence-corrected chi connectivity index (χ2v) is 9.14. The summed E-state index contributed by atoms with van der Waals surface area (Å²) >= 11 is 1.62. The van der Waals surface area contributed by atoms with E-state index >= 15 is 0 Å². The van der Waals surface area contributed by atoms with Crippen LogP contribution < -0.4 is 9.80 Å².